The summed E-state index contributed by atoms with van der Waals surface area (Å²) in [5.41, 5.74) is 7.34. The van der Waals surface area contributed by atoms with Crippen LogP contribution in [0, 0.1) is 5.82 Å². The van der Waals surface area contributed by atoms with Gasteiger partial charge in [-0.2, -0.15) is 0 Å². The van der Waals surface area contributed by atoms with Crippen LogP contribution in [0.3, 0.4) is 0 Å². The summed E-state index contributed by atoms with van der Waals surface area (Å²) in [5, 5.41) is 0.888. The van der Waals surface area contributed by atoms with Crippen molar-refractivity contribution >= 4 is 21.4 Å². The molecular formula is C17H16FNOS. The number of fused-ring (bicyclic) bond motifs is 1. The quantitative estimate of drug-likeness (QED) is 0.770. The molecule has 108 valence electrons. The first kappa shape index (κ1) is 14.0. The van der Waals surface area contributed by atoms with Crippen molar-refractivity contribution in [2.75, 3.05) is 6.61 Å². The van der Waals surface area contributed by atoms with Crippen LogP contribution in [-0.2, 0) is 0 Å². The highest BCUT2D eigenvalue weighted by Gasteiger charge is 2.16. The van der Waals surface area contributed by atoms with Crippen molar-refractivity contribution in [2.24, 2.45) is 5.73 Å². The summed E-state index contributed by atoms with van der Waals surface area (Å²) in [6.45, 7) is 2.55. The fraction of sp³-hybridized carbons (Fsp3) is 0.176. The van der Waals surface area contributed by atoms with Crippen LogP contribution in [0.15, 0.2) is 48.5 Å². The van der Waals surface area contributed by atoms with Crippen LogP contribution in [0.5, 0.6) is 5.75 Å². The fourth-order valence-corrected chi connectivity index (χ4v) is 3.43. The average Bonchev–Trinajstić information content (AvgIpc) is 2.90. The van der Waals surface area contributed by atoms with Crippen molar-refractivity contribution < 1.29 is 9.13 Å². The van der Waals surface area contributed by atoms with E-state index in [2.05, 4.69) is 0 Å². The van der Waals surface area contributed by atoms with E-state index in [1.807, 2.05) is 37.3 Å². The molecule has 0 saturated heterocycles. The molecule has 0 spiro atoms. The molecule has 1 atom stereocenters. The number of hydrogen-bond acceptors (Lipinski definition) is 3. The topological polar surface area (TPSA) is 35.2 Å². The maximum absolute atomic E-state index is 13.3. The van der Waals surface area contributed by atoms with E-state index in [0.717, 1.165) is 26.3 Å². The van der Waals surface area contributed by atoms with Crippen molar-refractivity contribution in [3.05, 3.63) is 64.8 Å². The maximum Gasteiger partial charge on any atom is 0.124 e. The average molecular weight is 301 g/mol. The summed E-state index contributed by atoms with van der Waals surface area (Å²) < 4.78 is 20.0. The molecule has 0 aliphatic rings. The van der Waals surface area contributed by atoms with Gasteiger partial charge in [-0.3, -0.25) is 0 Å². The second-order valence-electron chi connectivity index (χ2n) is 4.78. The predicted octanol–water partition coefficient (Wildman–Crippen LogP) is 4.49. The molecule has 3 rings (SSSR count). The Morgan fingerprint density at radius 1 is 1.19 bits per heavy atom. The number of ether oxygens (including phenoxy) is 1. The molecule has 21 heavy (non-hydrogen) atoms. The Kier molecular flexibility index (Phi) is 3.90. The van der Waals surface area contributed by atoms with E-state index in [1.54, 1.807) is 17.4 Å². The van der Waals surface area contributed by atoms with Gasteiger partial charge < -0.3 is 10.5 Å². The van der Waals surface area contributed by atoms with Gasteiger partial charge in [-0.05, 0) is 42.6 Å². The zero-order chi connectivity index (χ0) is 14.8. The lowest BCUT2D eigenvalue weighted by Crippen LogP contribution is -2.12. The summed E-state index contributed by atoms with van der Waals surface area (Å²) in [5.74, 6) is 0.575. The molecule has 2 nitrogen and oxygen atoms in total. The van der Waals surface area contributed by atoms with Crippen molar-refractivity contribution in [3.63, 3.8) is 0 Å². The number of benzene rings is 2. The minimum absolute atomic E-state index is 0.227. The van der Waals surface area contributed by atoms with Crippen LogP contribution >= 0.6 is 11.3 Å². The largest absolute Gasteiger partial charge is 0.494 e. The third kappa shape index (κ3) is 2.77. The van der Waals surface area contributed by atoms with E-state index in [0.29, 0.717) is 6.61 Å². The molecule has 0 radical (unpaired) electrons. The maximum atomic E-state index is 13.3. The van der Waals surface area contributed by atoms with Gasteiger partial charge in [0.25, 0.3) is 0 Å². The molecule has 2 N–H and O–H groups in total. The van der Waals surface area contributed by atoms with Crippen LogP contribution in [0.1, 0.15) is 23.4 Å². The highest BCUT2D eigenvalue weighted by atomic mass is 32.1. The summed E-state index contributed by atoms with van der Waals surface area (Å²) in [6.07, 6.45) is 0. The Labute approximate surface area is 127 Å². The Morgan fingerprint density at radius 3 is 2.81 bits per heavy atom. The number of hydrogen-bond donors (Lipinski definition) is 1. The summed E-state index contributed by atoms with van der Waals surface area (Å²) in [4.78, 5) is 1.00. The lowest BCUT2D eigenvalue weighted by Gasteiger charge is -2.15. The standard InChI is InChI=1S/C17H16FNOS/c1-2-20-14-6-4-3-5-13(14)17(19)16-10-11-9-12(18)7-8-15(11)21-16/h3-10,17H,2,19H2,1H3. The summed E-state index contributed by atoms with van der Waals surface area (Å²) in [6, 6.07) is 14.3. The highest BCUT2D eigenvalue weighted by molar-refractivity contribution is 7.19. The molecule has 0 saturated carbocycles. The van der Waals surface area contributed by atoms with Gasteiger partial charge in [0.05, 0.1) is 12.6 Å². The molecule has 0 bridgehead atoms. The van der Waals surface area contributed by atoms with E-state index < -0.39 is 0 Å². The first-order chi connectivity index (χ1) is 10.2. The van der Waals surface area contributed by atoms with Gasteiger partial charge >= 0.3 is 0 Å². The monoisotopic (exact) mass is 301 g/mol. The number of halogens is 1. The third-order valence-corrected chi connectivity index (χ3v) is 4.56. The molecule has 0 fully saturated rings. The molecule has 1 unspecified atom stereocenters. The molecule has 2 aromatic carbocycles. The SMILES string of the molecule is CCOc1ccccc1C(N)c1cc2cc(F)ccc2s1. The summed E-state index contributed by atoms with van der Waals surface area (Å²) >= 11 is 1.59. The van der Waals surface area contributed by atoms with Crippen LogP contribution in [0.4, 0.5) is 4.39 Å². The predicted molar refractivity (Wildman–Crippen MR) is 85.4 cm³/mol. The van der Waals surface area contributed by atoms with Gasteiger partial charge in [-0.1, -0.05) is 18.2 Å². The van der Waals surface area contributed by atoms with Crippen molar-refractivity contribution in [3.8, 4) is 5.75 Å². The molecule has 1 aromatic heterocycles. The van der Waals surface area contributed by atoms with Crippen LogP contribution in [0.25, 0.3) is 10.1 Å². The van der Waals surface area contributed by atoms with Gasteiger partial charge in [0.1, 0.15) is 11.6 Å². The van der Waals surface area contributed by atoms with Crippen LogP contribution < -0.4 is 10.5 Å². The molecule has 1 heterocycles. The van der Waals surface area contributed by atoms with Gasteiger partial charge in [0.2, 0.25) is 0 Å². The normalized spacial score (nSPS) is 12.5. The zero-order valence-corrected chi connectivity index (χ0v) is 12.5. The molecule has 0 aliphatic heterocycles. The number of para-hydroxylation sites is 1. The van der Waals surface area contributed by atoms with Gasteiger partial charge in [0, 0.05) is 15.1 Å². The highest BCUT2D eigenvalue weighted by Crippen LogP contribution is 2.35. The van der Waals surface area contributed by atoms with Crippen LogP contribution in [-0.4, -0.2) is 6.61 Å². The molecule has 0 amide bonds. The molecule has 3 aromatic rings. The van der Waals surface area contributed by atoms with Gasteiger partial charge in [-0.25, -0.2) is 4.39 Å². The minimum atomic E-state index is -0.270. The Morgan fingerprint density at radius 2 is 2.00 bits per heavy atom. The lowest BCUT2D eigenvalue weighted by atomic mass is 10.0. The Balaban J connectivity index is 2.02. The molecule has 4 heteroatoms. The van der Waals surface area contributed by atoms with E-state index >= 15 is 0 Å². The zero-order valence-electron chi connectivity index (χ0n) is 11.7. The minimum Gasteiger partial charge on any atom is -0.494 e. The lowest BCUT2D eigenvalue weighted by molar-refractivity contribution is 0.335. The number of nitrogens with two attached hydrogens (primary N) is 1. The van der Waals surface area contributed by atoms with Gasteiger partial charge in [0.15, 0.2) is 0 Å². The van der Waals surface area contributed by atoms with E-state index in [-0.39, 0.29) is 11.9 Å². The van der Waals surface area contributed by atoms with Gasteiger partial charge in [-0.15, -0.1) is 11.3 Å². The first-order valence-electron chi connectivity index (χ1n) is 6.85. The summed E-state index contributed by atoms with van der Waals surface area (Å²) in [7, 11) is 0. The Bertz CT molecular complexity index is 768. The molecular weight excluding hydrogens is 285 g/mol. The van der Waals surface area contributed by atoms with E-state index in [4.69, 9.17) is 10.5 Å². The Hall–Kier alpha value is -1.91. The molecule has 0 aliphatic carbocycles. The third-order valence-electron chi connectivity index (χ3n) is 3.36. The second-order valence-corrected chi connectivity index (χ2v) is 5.89. The smallest absolute Gasteiger partial charge is 0.124 e. The van der Waals surface area contributed by atoms with Crippen LogP contribution in [0.2, 0.25) is 0 Å². The van der Waals surface area contributed by atoms with E-state index in [1.165, 1.54) is 12.1 Å². The number of thiophene rings is 1. The van der Waals surface area contributed by atoms with Crippen molar-refractivity contribution in [1.29, 1.82) is 0 Å². The van der Waals surface area contributed by atoms with E-state index in [9.17, 15) is 4.39 Å². The fourth-order valence-electron chi connectivity index (χ4n) is 2.37. The second kappa shape index (κ2) is 5.84. The first-order valence-corrected chi connectivity index (χ1v) is 7.67. The van der Waals surface area contributed by atoms with Crippen molar-refractivity contribution in [1.82, 2.24) is 0 Å². The number of rotatable bonds is 4. The van der Waals surface area contributed by atoms with Crippen molar-refractivity contribution in [2.45, 2.75) is 13.0 Å².